The molecule has 0 saturated carbocycles. The van der Waals surface area contributed by atoms with Gasteiger partial charge < -0.3 is 14.8 Å². The van der Waals surface area contributed by atoms with Crippen LogP contribution in [0.15, 0.2) is 24.3 Å². The number of hydrogen-bond donors (Lipinski definition) is 2. The molecule has 134 valence electrons. The summed E-state index contributed by atoms with van der Waals surface area (Å²) < 4.78 is 5.15. The summed E-state index contributed by atoms with van der Waals surface area (Å²) >= 11 is 0. The number of aryl methyl sites for hydroxylation is 2. The van der Waals surface area contributed by atoms with E-state index in [1.54, 1.807) is 32.9 Å². The van der Waals surface area contributed by atoms with Crippen molar-refractivity contribution in [2.24, 2.45) is 0 Å². The number of esters is 1. The van der Waals surface area contributed by atoms with Crippen molar-refractivity contribution in [3.05, 3.63) is 57.9 Å². The van der Waals surface area contributed by atoms with Crippen molar-refractivity contribution in [1.29, 1.82) is 0 Å². The topological polar surface area (TPSA) is 79.4 Å². The predicted molar refractivity (Wildman–Crippen MR) is 96.0 cm³/mol. The number of carbonyl (C=O) groups is 2. The quantitative estimate of drug-likeness (QED) is 0.594. The van der Waals surface area contributed by atoms with E-state index in [0.29, 0.717) is 16.7 Å². The first kappa shape index (κ1) is 18.9. The minimum absolute atomic E-state index is 0.243. The van der Waals surface area contributed by atoms with Gasteiger partial charge in [0.1, 0.15) is 5.69 Å². The van der Waals surface area contributed by atoms with Gasteiger partial charge in [-0.2, -0.15) is 0 Å². The molecule has 25 heavy (non-hydrogen) atoms. The fourth-order valence-electron chi connectivity index (χ4n) is 3.03. The zero-order valence-corrected chi connectivity index (χ0v) is 15.2. The van der Waals surface area contributed by atoms with E-state index < -0.39 is 12.1 Å². The maximum Gasteiger partial charge on any atom is 0.355 e. The third-order valence-electron chi connectivity index (χ3n) is 4.27. The van der Waals surface area contributed by atoms with E-state index in [2.05, 4.69) is 11.9 Å². The molecule has 0 bridgehead atoms. The van der Waals surface area contributed by atoms with Crippen molar-refractivity contribution in [1.82, 2.24) is 4.98 Å². The first-order valence-electron chi connectivity index (χ1n) is 8.51. The van der Waals surface area contributed by atoms with Gasteiger partial charge in [0, 0.05) is 16.8 Å². The van der Waals surface area contributed by atoms with Gasteiger partial charge in [-0.1, -0.05) is 37.6 Å². The molecule has 0 fully saturated rings. The van der Waals surface area contributed by atoms with Crippen molar-refractivity contribution >= 4 is 11.8 Å². The number of rotatable bonds is 7. The highest BCUT2D eigenvalue weighted by atomic mass is 16.5. The Balaban J connectivity index is 2.02. The highest BCUT2D eigenvalue weighted by Crippen LogP contribution is 2.24. The standard InChI is InChI=1S/C20H25NO4/c1-5-6-15-7-9-16(10-8-15)17(23)11-25-20(24)19-12(2)18(14(4)22)13(3)21-19/h7-10,14,21-22H,5-6,11H2,1-4H3/t14-/m0/s1. The molecule has 0 aliphatic rings. The normalized spacial score (nSPS) is 12.0. The number of aromatic nitrogens is 1. The van der Waals surface area contributed by atoms with E-state index in [0.717, 1.165) is 18.5 Å². The van der Waals surface area contributed by atoms with Crippen LogP contribution in [0.3, 0.4) is 0 Å². The molecular formula is C20H25NO4. The number of carbonyl (C=O) groups excluding carboxylic acids is 2. The number of H-pyrrole nitrogens is 1. The fourth-order valence-corrected chi connectivity index (χ4v) is 3.03. The Labute approximate surface area is 148 Å². The summed E-state index contributed by atoms with van der Waals surface area (Å²) in [5.74, 6) is -0.837. The Bertz CT molecular complexity index is 757. The molecule has 0 saturated heterocycles. The van der Waals surface area contributed by atoms with Crippen LogP contribution in [0.4, 0.5) is 0 Å². The van der Waals surface area contributed by atoms with Crippen molar-refractivity contribution in [3.63, 3.8) is 0 Å². The van der Waals surface area contributed by atoms with Gasteiger partial charge in [0.05, 0.1) is 6.10 Å². The van der Waals surface area contributed by atoms with Crippen LogP contribution in [0.25, 0.3) is 0 Å². The second-order valence-electron chi connectivity index (χ2n) is 6.29. The summed E-state index contributed by atoms with van der Waals surface area (Å²) in [6, 6.07) is 7.37. The lowest BCUT2D eigenvalue weighted by molar-refractivity contribution is 0.0468. The van der Waals surface area contributed by atoms with Crippen molar-refractivity contribution in [3.8, 4) is 0 Å². The molecule has 0 aliphatic carbocycles. The van der Waals surface area contributed by atoms with Crippen LogP contribution < -0.4 is 0 Å². The summed E-state index contributed by atoms with van der Waals surface area (Å²) in [6.07, 6.45) is 1.34. The van der Waals surface area contributed by atoms with Gasteiger partial charge in [-0.25, -0.2) is 4.79 Å². The Kier molecular flexibility index (Phi) is 6.15. The van der Waals surface area contributed by atoms with Crippen LogP contribution in [0, 0.1) is 13.8 Å². The highest BCUT2D eigenvalue weighted by molar-refractivity contribution is 5.99. The molecule has 5 nitrogen and oxygen atoms in total. The average Bonchev–Trinajstić information content (AvgIpc) is 2.88. The number of aliphatic hydroxyl groups excluding tert-OH is 1. The van der Waals surface area contributed by atoms with Crippen molar-refractivity contribution in [2.45, 2.75) is 46.6 Å². The summed E-state index contributed by atoms with van der Waals surface area (Å²) in [4.78, 5) is 27.4. The van der Waals surface area contributed by atoms with Gasteiger partial charge in [-0.15, -0.1) is 0 Å². The van der Waals surface area contributed by atoms with Crippen molar-refractivity contribution in [2.75, 3.05) is 6.61 Å². The first-order valence-corrected chi connectivity index (χ1v) is 8.51. The molecule has 0 amide bonds. The molecule has 1 heterocycles. The van der Waals surface area contributed by atoms with E-state index in [-0.39, 0.29) is 18.1 Å². The largest absolute Gasteiger partial charge is 0.453 e. The SMILES string of the molecule is CCCc1ccc(C(=O)COC(=O)c2[nH]c(C)c([C@H](C)O)c2C)cc1. The number of aromatic amines is 1. The van der Waals surface area contributed by atoms with Gasteiger partial charge in [0.15, 0.2) is 12.4 Å². The molecule has 0 aliphatic heterocycles. The van der Waals surface area contributed by atoms with E-state index in [4.69, 9.17) is 4.74 Å². The molecule has 0 radical (unpaired) electrons. The monoisotopic (exact) mass is 343 g/mol. The molecular weight excluding hydrogens is 318 g/mol. The number of aliphatic hydroxyl groups is 1. The Morgan fingerprint density at radius 1 is 1.20 bits per heavy atom. The Morgan fingerprint density at radius 3 is 2.36 bits per heavy atom. The molecule has 5 heteroatoms. The molecule has 0 spiro atoms. The van der Waals surface area contributed by atoms with Gasteiger partial charge in [-0.05, 0) is 38.3 Å². The third kappa shape index (κ3) is 4.37. The van der Waals surface area contributed by atoms with Crippen LogP contribution >= 0.6 is 0 Å². The van der Waals surface area contributed by atoms with Gasteiger partial charge in [-0.3, -0.25) is 4.79 Å². The van der Waals surface area contributed by atoms with Gasteiger partial charge >= 0.3 is 5.97 Å². The van der Waals surface area contributed by atoms with E-state index in [9.17, 15) is 14.7 Å². The summed E-state index contributed by atoms with van der Waals surface area (Å²) in [5, 5.41) is 9.78. The van der Waals surface area contributed by atoms with Crippen molar-refractivity contribution < 1.29 is 19.4 Å². The van der Waals surface area contributed by atoms with Crippen LogP contribution in [-0.2, 0) is 11.2 Å². The third-order valence-corrected chi connectivity index (χ3v) is 4.27. The minimum atomic E-state index is -0.680. The smallest absolute Gasteiger partial charge is 0.355 e. The fraction of sp³-hybridized carbons (Fsp3) is 0.400. The van der Waals surface area contributed by atoms with Crippen LogP contribution in [0.1, 0.15) is 69.6 Å². The minimum Gasteiger partial charge on any atom is -0.453 e. The average molecular weight is 343 g/mol. The second kappa shape index (κ2) is 8.12. The van der Waals surface area contributed by atoms with Crippen LogP contribution in [0.2, 0.25) is 0 Å². The molecule has 1 aromatic heterocycles. The lowest BCUT2D eigenvalue weighted by Gasteiger charge is -2.06. The summed E-state index contributed by atoms with van der Waals surface area (Å²) in [5.41, 5.74) is 4.03. The second-order valence-corrected chi connectivity index (χ2v) is 6.29. The van der Waals surface area contributed by atoms with E-state index >= 15 is 0 Å². The first-order chi connectivity index (χ1) is 11.8. The molecule has 2 rings (SSSR count). The Hall–Kier alpha value is -2.40. The number of nitrogens with one attached hydrogen (secondary N) is 1. The number of benzene rings is 1. The lowest BCUT2D eigenvalue weighted by Crippen LogP contribution is -2.15. The molecule has 1 atom stereocenters. The highest BCUT2D eigenvalue weighted by Gasteiger charge is 2.21. The molecule has 0 unspecified atom stereocenters. The van der Waals surface area contributed by atoms with Crippen LogP contribution in [0.5, 0.6) is 0 Å². The molecule has 2 N–H and O–H groups in total. The number of Topliss-reactive ketones (excluding diaryl/α,β-unsaturated/α-hetero) is 1. The molecule has 1 aromatic carbocycles. The number of ketones is 1. The number of hydrogen-bond acceptors (Lipinski definition) is 4. The maximum absolute atomic E-state index is 12.2. The molecule has 2 aromatic rings. The zero-order valence-electron chi connectivity index (χ0n) is 15.2. The zero-order chi connectivity index (χ0) is 18.6. The van der Waals surface area contributed by atoms with E-state index in [1.165, 1.54) is 5.56 Å². The summed E-state index contributed by atoms with van der Waals surface area (Å²) in [6.45, 7) is 6.97. The lowest BCUT2D eigenvalue weighted by atomic mass is 10.1. The maximum atomic E-state index is 12.2. The predicted octanol–water partition coefficient (Wildman–Crippen LogP) is 3.68. The number of ether oxygens (including phenoxy) is 1. The van der Waals surface area contributed by atoms with E-state index in [1.807, 2.05) is 12.1 Å². The van der Waals surface area contributed by atoms with Gasteiger partial charge in [0.2, 0.25) is 0 Å². The Morgan fingerprint density at radius 2 is 1.84 bits per heavy atom. The van der Waals surface area contributed by atoms with Gasteiger partial charge in [0.25, 0.3) is 0 Å². The summed E-state index contributed by atoms with van der Waals surface area (Å²) in [7, 11) is 0. The van der Waals surface area contributed by atoms with Crippen LogP contribution in [-0.4, -0.2) is 28.4 Å².